The molecule has 1 rings (SSSR count). The molecule has 1 saturated heterocycles. The normalized spacial score (nSPS) is 39.2. The molecule has 6 nitrogen and oxygen atoms in total. The standard InChI is InChI=1S/C12H26O6Si/c1-12(2,3)19(4,5)11(17)9-7(14)6(13)8(15)10(16)18-9/h6-11,13-17H,1-5H3/t6-,7-,8-,9-,10-,11?/m0/s1. The highest BCUT2D eigenvalue weighted by atomic mass is 28.3. The largest absolute Gasteiger partial charge is 0.394 e. The van der Waals surface area contributed by atoms with Gasteiger partial charge in [0.05, 0.1) is 13.8 Å². The number of aliphatic hydroxyl groups excluding tert-OH is 5. The van der Waals surface area contributed by atoms with Crippen molar-refractivity contribution < 1.29 is 30.3 Å². The highest BCUT2D eigenvalue weighted by molar-refractivity contribution is 6.81. The van der Waals surface area contributed by atoms with E-state index in [1.807, 2.05) is 33.9 Å². The Balaban J connectivity index is 2.96. The Morgan fingerprint density at radius 1 is 0.947 bits per heavy atom. The molecule has 0 aromatic carbocycles. The summed E-state index contributed by atoms with van der Waals surface area (Å²) >= 11 is 0. The molecule has 0 saturated carbocycles. The first-order chi connectivity index (χ1) is 8.41. The number of hydrogen-bond acceptors (Lipinski definition) is 6. The van der Waals surface area contributed by atoms with Gasteiger partial charge >= 0.3 is 0 Å². The molecular formula is C12H26O6Si. The number of ether oxygens (including phenoxy) is 1. The highest BCUT2D eigenvalue weighted by Crippen LogP contribution is 2.40. The molecular weight excluding hydrogens is 268 g/mol. The lowest BCUT2D eigenvalue weighted by molar-refractivity contribution is -0.291. The van der Waals surface area contributed by atoms with Gasteiger partial charge in [-0.3, -0.25) is 0 Å². The molecule has 0 amide bonds. The average Bonchev–Trinajstić information content (AvgIpc) is 2.28. The molecule has 114 valence electrons. The predicted molar refractivity (Wildman–Crippen MR) is 72.1 cm³/mol. The van der Waals surface area contributed by atoms with Gasteiger partial charge in [-0.25, -0.2) is 0 Å². The fourth-order valence-corrected chi connectivity index (χ4v) is 3.99. The average molecular weight is 294 g/mol. The van der Waals surface area contributed by atoms with Crippen LogP contribution in [0.15, 0.2) is 0 Å². The van der Waals surface area contributed by atoms with Gasteiger partial charge in [0.2, 0.25) is 0 Å². The number of rotatable bonds is 2. The molecule has 0 radical (unpaired) electrons. The van der Waals surface area contributed by atoms with Gasteiger partial charge in [0, 0.05) is 0 Å². The summed E-state index contributed by atoms with van der Waals surface area (Å²) < 4.78 is 5.10. The topological polar surface area (TPSA) is 110 Å². The fourth-order valence-electron chi connectivity index (χ4n) is 2.00. The molecule has 1 heterocycles. The summed E-state index contributed by atoms with van der Waals surface area (Å²) in [5.41, 5.74) is -0.973. The van der Waals surface area contributed by atoms with Gasteiger partial charge in [-0.2, -0.15) is 0 Å². The van der Waals surface area contributed by atoms with Crippen LogP contribution >= 0.6 is 0 Å². The van der Waals surface area contributed by atoms with Gasteiger partial charge in [-0.05, 0) is 5.04 Å². The highest BCUT2D eigenvalue weighted by Gasteiger charge is 2.52. The van der Waals surface area contributed by atoms with Gasteiger partial charge in [0.1, 0.15) is 24.4 Å². The van der Waals surface area contributed by atoms with Crippen molar-refractivity contribution in [3.8, 4) is 0 Å². The van der Waals surface area contributed by atoms with Crippen LogP contribution in [0, 0.1) is 0 Å². The van der Waals surface area contributed by atoms with E-state index in [1.54, 1.807) is 0 Å². The molecule has 5 N–H and O–H groups in total. The van der Waals surface area contributed by atoms with Gasteiger partial charge in [0.25, 0.3) is 0 Å². The summed E-state index contributed by atoms with van der Waals surface area (Å²) in [5.74, 6) is 0. The minimum absolute atomic E-state index is 0.151. The third-order valence-corrected chi connectivity index (χ3v) is 10.3. The summed E-state index contributed by atoms with van der Waals surface area (Å²) in [7, 11) is -2.25. The van der Waals surface area contributed by atoms with E-state index in [1.165, 1.54) is 0 Å². The molecule has 1 aliphatic rings. The van der Waals surface area contributed by atoms with Crippen LogP contribution in [0.4, 0.5) is 0 Å². The van der Waals surface area contributed by atoms with E-state index >= 15 is 0 Å². The van der Waals surface area contributed by atoms with Crippen LogP contribution in [0.5, 0.6) is 0 Å². The Morgan fingerprint density at radius 3 is 1.84 bits per heavy atom. The Hall–Kier alpha value is -0.0231. The second-order valence-corrected chi connectivity index (χ2v) is 12.4. The zero-order valence-corrected chi connectivity index (χ0v) is 13.1. The maximum atomic E-state index is 10.5. The second kappa shape index (κ2) is 5.40. The fraction of sp³-hybridized carbons (Fsp3) is 1.00. The van der Waals surface area contributed by atoms with E-state index in [-0.39, 0.29) is 5.04 Å². The SMILES string of the molecule is CC(C)(C)[Si](C)(C)C(O)[C@H]1O[C@H](O)[C@@H](O)[C@@H](O)[C@@H]1O. The zero-order chi connectivity index (χ0) is 15.2. The summed E-state index contributed by atoms with van der Waals surface area (Å²) in [6.45, 7) is 9.91. The quantitative estimate of drug-likeness (QED) is 0.426. The molecule has 1 unspecified atom stereocenters. The number of hydrogen-bond donors (Lipinski definition) is 5. The van der Waals surface area contributed by atoms with Crippen molar-refractivity contribution in [1.82, 2.24) is 0 Å². The molecule has 1 aliphatic heterocycles. The minimum atomic E-state index is -2.25. The van der Waals surface area contributed by atoms with Crippen molar-refractivity contribution in [2.75, 3.05) is 0 Å². The van der Waals surface area contributed by atoms with Crippen LogP contribution in [0.25, 0.3) is 0 Å². The predicted octanol–water partition coefficient (Wildman–Crippen LogP) is -0.805. The van der Waals surface area contributed by atoms with Crippen LogP contribution < -0.4 is 0 Å². The molecule has 0 spiro atoms. The Labute approximate surface area is 114 Å². The van der Waals surface area contributed by atoms with E-state index in [9.17, 15) is 25.5 Å². The molecule has 6 atom stereocenters. The van der Waals surface area contributed by atoms with Gasteiger partial charge < -0.3 is 30.3 Å². The first kappa shape index (κ1) is 17.0. The number of aliphatic hydroxyl groups is 5. The van der Waals surface area contributed by atoms with Crippen LogP contribution in [-0.4, -0.2) is 70.0 Å². The van der Waals surface area contributed by atoms with E-state index in [0.29, 0.717) is 0 Å². The summed E-state index contributed by atoms with van der Waals surface area (Å²) in [6, 6.07) is 0. The van der Waals surface area contributed by atoms with Gasteiger partial charge in [-0.15, -0.1) is 0 Å². The molecule has 0 aromatic rings. The smallest absolute Gasteiger partial charge is 0.184 e. The van der Waals surface area contributed by atoms with Crippen molar-refractivity contribution in [2.45, 2.75) is 75.3 Å². The summed E-state index contributed by atoms with van der Waals surface area (Å²) in [6.07, 6.45) is -7.24. The first-order valence-corrected chi connectivity index (χ1v) is 9.55. The third kappa shape index (κ3) is 3.02. The lowest BCUT2D eigenvalue weighted by atomic mass is 9.99. The molecule has 0 aliphatic carbocycles. The van der Waals surface area contributed by atoms with Crippen molar-refractivity contribution in [3.05, 3.63) is 0 Å². The molecule has 19 heavy (non-hydrogen) atoms. The molecule has 1 fully saturated rings. The van der Waals surface area contributed by atoms with Crippen molar-refractivity contribution in [1.29, 1.82) is 0 Å². The lowest BCUT2D eigenvalue weighted by Crippen LogP contribution is -2.66. The maximum Gasteiger partial charge on any atom is 0.184 e. The van der Waals surface area contributed by atoms with Gasteiger partial charge in [0.15, 0.2) is 6.29 Å². The summed E-state index contributed by atoms with van der Waals surface area (Å²) in [4.78, 5) is 0. The van der Waals surface area contributed by atoms with Crippen LogP contribution in [0.1, 0.15) is 20.8 Å². The van der Waals surface area contributed by atoms with E-state index < -0.39 is 44.5 Å². The van der Waals surface area contributed by atoms with Crippen molar-refractivity contribution in [3.63, 3.8) is 0 Å². The van der Waals surface area contributed by atoms with Crippen LogP contribution in [0.2, 0.25) is 18.1 Å². The Bertz CT molecular complexity index is 316. The molecule has 0 bridgehead atoms. The second-order valence-electron chi connectivity index (χ2n) is 6.88. The molecule has 7 heteroatoms. The van der Waals surface area contributed by atoms with E-state index in [2.05, 4.69) is 0 Å². The van der Waals surface area contributed by atoms with Crippen molar-refractivity contribution in [2.24, 2.45) is 0 Å². The molecule has 0 aromatic heterocycles. The minimum Gasteiger partial charge on any atom is -0.394 e. The monoisotopic (exact) mass is 294 g/mol. The summed E-state index contributed by atoms with van der Waals surface area (Å²) in [5, 5.41) is 48.9. The Kier molecular flexibility index (Phi) is 4.84. The third-order valence-electron chi connectivity index (χ3n) is 4.61. The maximum absolute atomic E-state index is 10.5. The van der Waals surface area contributed by atoms with Crippen LogP contribution in [-0.2, 0) is 4.74 Å². The lowest BCUT2D eigenvalue weighted by Gasteiger charge is -2.48. The zero-order valence-electron chi connectivity index (χ0n) is 12.1. The van der Waals surface area contributed by atoms with E-state index in [0.717, 1.165) is 0 Å². The van der Waals surface area contributed by atoms with E-state index in [4.69, 9.17) is 4.74 Å². The first-order valence-electron chi connectivity index (χ1n) is 6.47. The van der Waals surface area contributed by atoms with Crippen molar-refractivity contribution >= 4 is 8.07 Å². The Morgan fingerprint density at radius 2 is 1.42 bits per heavy atom. The van der Waals surface area contributed by atoms with Crippen LogP contribution in [0.3, 0.4) is 0 Å². The van der Waals surface area contributed by atoms with Gasteiger partial charge in [-0.1, -0.05) is 33.9 Å².